The van der Waals surface area contributed by atoms with Gasteiger partial charge in [-0.25, -0.2) is 0 Å². The molecule has 1 heterocycles. The number of rotatable bonds is 4. The Bertz CT molecular complexity index is 373. The molecule has 1 aliphatic heterocycles. The number of hydrogen-bond acceptors (Lipinski definition) is 2. The lowest BCUT2D eigenvalue weighted by Gasteiger charge is -2.36. The third-order valence-corrected chi connectivity index (χ3v) is 3.87. The highest BCUT2D eigenvalue weighted by molar-refractivity contribution is 5.34. The van der Waals surface area contributed by atoms with Crippen LogP contribution in [0.15, 0.2) is 18.2 Å². The molecule has 1 aromatic rings. The van der Waals surface area contributed by atoms with Crippen molar-refractivity contribution in [2.24, 2.45) is 0 Å². The summed E-state index contributed by atoms with van der Waals surface area (Å²) in [5.74, 6) is 0. The molecule has 0 amide bonds. The molecule has 1 aromatic carbocycles. The van der Waals surface area contributed by atoms with Gasteiger partial charge in [0.25, 0.3) is 0 Å². The standard InChI is InChI=1S/C15H24N2/c1-4-15-9-14-8-12(10-16-3)6-7-13(14)11-17(15)5-2/h6-8,15-16H,4-5,9-11H2,1-3H3. The van der Waals surface area contributed by atoms with Crippen LogP contribution in [-0.4, -0.2) is 24.5 Å². The van der Waals surface area contributed by atoms with Crippen molar-refractivity contribution in [3.8, 4) is 0 Å². The molecule has 0 aromatic heterocycles. The number of likely N-dealkylation sites (N-methyl/N-ethyl adjacent to an activating group) is 1. The minimum absolute atomic E-state index is 0.734. The summed E-state index contributed by atoms with van der Waals surface area (Å²) >= 11 is 0. The van der Waals surface area contributed by atoms with Crippen LogP contribution >= 0.6 is 0 Å². The monoisotopic (exact) mass is 232 g/mol. The molecule has 2 rings (SSSR count). The molecule has 0 radical (unpaired) electrons. The second kappa shape index (κ2) is 5.65. The van der Waals surface area contributed by atoms with Crippen molar-refractivity contribution >= 4 is 0 Å². The van der Waals surface area contributed by atoms with Gasteiger partial charge < -0.3 is 5.32 Å². The summed E-state index contributed by atoms with van der Waals surface area (Å²) in [4.78, 5) is 2.60. The molecule has 2 heteroatoms. The molecule has 0 saturated carbocycles. The van der Waals surface area contributed by atoms with Gasteiger partial charge in [0.2, 0.25) is 0 Å². The fraction of sp³-hybridized carbons (Fsp3) is 0.600. The molecule has 0 fully saturated rings. The summed E-state index contributed by atoms with van der Waals surface area (Å²) in [5.41, 5.74) is 4.50. The molecule has 94 valence electrons. The van der Waals surface area contributed by atoms with Crippen LogP contribution < -0.4 is 5.32 Å². The second-order valence-corrected chi connectivity index (χ2v) is 4.96. The van der Waals surface area contributed by atoms with Crippen molar-refractivity contribution in [3.63, 3.8) is 0 Å². The molecule has 2 nitrogen and oxygen atoms in total. The Morgan fingerprint density at radius 3 is 2.76 bits per heavy atom. The van der Waals surface area contributed by atoms with E-state index < -0.39 is 0 Å². The first-order chi connectivity index (χ1) is 8.28. The van der Waals surface area contributed by atoms with E-state index in [9.17, 15) is 0 Å². The zero-order chi connectivity index (χ0) is 12.3. The lowest BCUT2D eigenvalue weighted by Crippen LogP contribution is -2.39. The van der Waals surface area contributed by atoms with Gasteiger partial charge in [-0.2, -0.15) is 0 Å². The zero-order valence-electron chi connectivity index (χ0n) is 11.3. The molecule has 0 aliphatic carbocycles. The van der Waals surface area contributed by atoms with Gasteiger partial charge in [0.1, 0.15) is 0 Å². The maximum absolute atomic E-state index is 3.23. The lowest BCUT2D eigenvalue weighted by molar-refractivity contribution is 0.176. The number of hydrogen-bond donors (Lipinski definition) is 1. The summed E-state index contributed by atoms with van der Waals surface area (Å²) in [6.07, 6.45) is 2.47. The quantitative estimate of drug-likeness (QED) is 0.858. The van der Waals surface area contributed by atoms with E-state index in [0.29, 0.717) is 0 Å². The van der Waals surface area contributed by atoms with Gasteiger partial charge >= 0.3 is 0 Å². The fourth-order valence-electron chi connectivity index (χ4n) is 2.84. The van der Waals surface area contributed by atoms with Gasteiger partial charge in [-0.1, -0.05) is 32.0 Å². The van der Waals surface area contributed by atoms with Crippen LogP contribution in [0, 0.1) is 0 Å². The molecule has 0 spiro atoms. The Balaban J connectivity index is 2.22. The minimum Gasteiger partial charge on any atom is -0.316 e. The SMILES string of the molecule is CCC1Cc2cc(CNC)ccc2CN1CC. The van der Waals surface area contributed by atoms with E-state index in [2.05, 4.69) is 42.3 Å². The smallest absolute Gasteiger partial charge is 0.0239 e. The first kappa shape index (κ1) is 12.6. The Morgan fingerprint density at radius 2 is 2.12 bits per heavy atom. The van der Waals surface area contributed by atoms with E-state index in [4.69, 9.17) is 0 Å². The van der Waals surface area contributed by atoms with Crippen LogP contribution in [0.5, 0.6) is 0 Å². The van der Waals surface area contributed by atoms with E-state index in [-0.39, 0.29) is 0 Å². The van der Waals surface area contributed by atoms with Gasteiger partial charge in [-0.15, -0.1) is 0 Å². The van der Waals surface area contributed by atoms with Crippen LogP contribution in [0.2, 0.25) is 0 Å². The van der Waals surface area contributed by atoms with Crippen LogP contribution in [0.25, 0.3) is 0 Å². The predicted molar refractivity (Wildman–Crippen MR) is 73.1 cm³/mol. The molecule has 1 aliphatic rings. The van der Waals surface area contributed by atoms with Gasteiger partial charge in [-0.05, 0) is 43.1 Å². The highest BCUT2D eigenvalue weighted by Crippen LogP contribution is 2.25. The molecule has 0 bridgehead atoms. The second-order valence-electron chi connectivity index (χ2n) is 4.96. The molecule has 17 heavy (non-hydrogen) atoms. The minimum atomic E-state index is 0.734. The first-order valence-corrected chi connectivity index (χ1v) is 6.77. The van der Waals surface area contributed by atoms with Crippen molar-refractivity contribution in [2.45, 2.75) is 45.8 Å². The van der Waals surface area contributed by atoms with Crippen molar-refractivity contribution in [1.29, 1.82) is 0 Å². The van der Waals surface area contributed by atoms with Crippen molar-refractivity contribution in [1.82, 2.24) is 10.2 Å². The van der Waals surface area contributed by atoms with E-state index >= 15 is 0 Å². The fourth-order valence-corrected chi connectivity index (χ4v) is 2.84. The highest BCUT2D eigenvalue weighted by Gasteiger charge is 2.23. The number of nitrogens with one attached hydrogen (secondary N) is 1. The average Bonchev–Trinajstić information content (AvgIpc) is 2.37. The van der Waals surface area contributed by atoms with E-state index in [0.717, 1.165) is 25.7 Å². The Morgan fingerprint density at radius 1 is 1.29 bits per heavy atom. The van der Waals surface area contributed by atoms with Crippen LogP contribution in [0.4, 0.5) is 0 Å². The molecular formula is C15H24N2. The van der Waals surface area contributed by atoms with Crippen LogP contribution in [0.3, 0.4) is 0 Å². The van der Waals surface area contributed by atoms with Gasteiger partial charge in [0.15, 0.2) is 0 Å². The van der Waals surface area contributed by atoms with E-state index in [1.807, 2.05) is 7.05 Å². The first-order valence-electron chi connectivity index (χ1n) is 6.77. The summed E-state index contributed by atoms with van der Waals surface area (Å²) in [6.45, 7) is 7.83. The van der Waals surface area contributed by atoms with Crippen molar-refractivity contribution in [2.75, 3.05) is 13.6 Å². The molecular weight excluding hydrogens is 208 g/mol. The topological polar surface area (TPSA) is 15.3 Å². The summed E-state index contributed by atoms with van der Waals surface area (Å²) < 4.78 is 0. The molecule has 0 saturated heterocycles. The molecule has 1 N–H and O–H groups in total. The average molecular weight is 232 g/mol. The summed E-state index contributed by atoms with van der Waals surface area (Å²) in [6, 6.07) is 7.70. The zero-order valence-corrected chi connectivity index (χ0v) is 11.3. The molecule has 1 atom stereocenters. The largest absolute Gasteiger partial charge is 0.316 e. The summed E-state index contributed by atoms with van der Waals surface area (Å²) in [5, 5.41) is 3.23. The lowest BCUT2D eigenvalue weighted by atomic mass is 9.91. The third kappa shape index (κ3) is 2.70. The number of benzene rings is 1. The Hall–Kier alpha value is -0.860. The molecule has 1 unspecified atom stereocenters. The van der Waals surface area contributed by atoms with Gasteiger partial charge in [-0.3, -0.25) is 4.90 Å². The van der Waals surface area contributed by atoms with Crippen LogP contribution in [0.1, 0.15) is 37.0 Å². The van der Waals surface area contributed by atoms with Crippen molar-refractivity contribution < 1.29 is 0 Å². The van der Waals surface area contributed by atoms with Gasteiger partial charge in [0, 0.05) is 19.1 Å². The number of fused-ring (bicyclic) bond motifs is 1. The highest BCUT2D eigenvalue weighted by atomic mass is 15.2. The Labute approximate surface area is 105 Å². The van der Waals surface area contributed by atoms with E-state index in [1.54, 1.807) is 5.56 Å². The Kier molecular flexibility index (Phi) is 4.19. The van der Waals surface area contributed by atoms with Crippen LogP contribution in [-0.2, 0) is 19.5 Å². The maximum Gasteiger partial charge on any atom is 0.0239 e. The number of nitrogens with zero attached hydrogens (tertiary/aromatic N) is 1. The van der Waals surface area contributed by atoms with Gasteiger partial charge in [0.05, 0.1) is 0 Å². The summed E-state index contributed by atoms with van der Waals surface area (Å²) in [7, 11) is 2.01. The normalized spacial score (nSPS) is 20.3. The van der Waals surface area contributed by atoms with E-state index in [1.165, 1.54) is 24.0 Å². The predicted octanol–water partition coefficient (Wildman–Crippen LogP) is 2.56. The van der Waals surface area contributed by atoms with Crippen molar-refractivity contribution in [3.05, 3.63) is 34.9 Å². The maximum atomic E-state index is 3.23. The third-order valence-electron chi connectivity index (χ3n) is 3.87.